The summed E-state index contributed by atoms with van der Waals surface area (Å²) in [5.41, 5.74) is 1.13. The third kappa shape index (κ3) is 1.46. The molecule has 0 saturated heterocycles. The van der Waals surface area contributed by atoms with E-state index in [4.69, 9.17) is 0 Å². The number of aliphatic hydroxyl groups excluding tert-OH is 1. The van der Waals surface area contributed by atoms with Gasteiger partial charge in [-0.3, -0.25) is 0 Å². The van der Waals surface area contributed by atoms with Gasteiger partial charge in [-0.05, 0) is 31.2 Å². The molecule has 0 amide bonds. The monoisotopic (exact) mass is 191 g/mol. The molecular formula is C11H10FNO. The minimum absolute atomic E-state index is 0.285. The van der Waals surface area contributed by atoms with E-state index in [0.717, 1.165) is 0 Å². The number of hydrogen-bond donors (Lipinski definition) is 1. The lowest BCUT2D eigenvalue weighted by Crippen LogP contribution is -1.95. The van der Waals surface area contributed by atoms with Crippen LogP contribution in [0.1, 0.15) is 18.7 Å². The molecule has 0 aliphatic heterocycles. The molecule has 72 valence electrons. The van der Waals surface area contributed by atoms with Crippen LogP contribution in [0.4, 0.5) is 4.39 Å². The van der Waals surface area contributed by atoms with Gasteiger partial charge in [0.1, 0.15) is 5.82 Å². The smallest absolute Gasteiger partial charge is 0.132 e. The first kappa shape index (κ1) is 9.09. The Kier molecular flexibility index (Phi) is 2.17. The number of hydrogen-bond acceptors (Lipinski definition) is 2. The number of nitrogens with zero attached hydrogens (tertiary/aromatic N) is 1. The van der Waals surface area contributed by atoms with Crippen molar-refractivity contribution >= 4 is 10.9 Å². The molecule has 14 heavy (non-hydrogen) atoms. The molecule has 2 rings (SSSR count). The molecule has 0 bridgehead atoms. The average molecular weight is 191 g/mol. The first-order valence-corrected chi connectivity index (χ1v) is 4.42. The van der Waals surface area contributed by atoms with Crippen molar-refractivity contribution in [2.75, 3.05) is 0 Å². The van der Waals surface area contributed by atoms with Gasteiger partial charge in [-0.2, -0.15) is 0 Å². The molecule has 0 spiro atoms. The summed E-state index contributed by atoms with van der Waals surface area (Å²) in [4.78, 5) is 4.15. The van der Waals surface area contributed by atoms with E-state index in [1.165, 1.54) is 6.07 Å². The zero-order chi connectivity index (χ0) is 10.1. The van der Waals surface area contributed by atoms with E-state index in [0.29, 0.717) is 16.6 Å². The summed E-state index contributed by atoms with van der Waals surface area (Å²) in [5.74, 6) is -0.285. The Hall–Kier alpha value is -1.48. The molecule has 1 aromatic carbocycles. The first-order chi connectivity index (χ1) is 6.68. The minimum atomic E-state index is -0.623. The molecule has 1 N–H and O–H groups in total. The first-order valence-electron chi connectivity index (χ1n) is 4.42. The second-order valence-corrected chi connectivity index (χ2v) is 3.22. The molecule has 0 radical (unpaired) electrons. The second kappa shape index (κ2) is 3.35. The van der Waals surface area contributed by atoms with Crippen molar-refractivity contribution in [3.8, 4) is 0 Å². The molecule has 1 unspecified atom stereocenters. The molecule has 2 aromatic rings. The number of halogens is 1. The van der Waals surface area contributed by atoms with Crippen LogP contribution in [-0.2, 0) is 0 Å². The normalized spacial score (nSPS) is 13.1. The number of fused-ring (bicyclic) bond motifs is 1. The van der Waals surface area contributed by atoms with Gasteiger partial charge >= 0.3 is 0 Å². The van der Waals surface area contributed by atoms with Gasteiger partial charge in [0.2, 0.25) is 0 Å². The highest BCUT2D eigenvalue weighted by molar-refractivity contribution is 5.79. The van der Waals surface area contributed by atoms with Gasteiger partial charge in [-0.25, -0.2) is 9.37 Å². The highest BCUT2D eigenvalue weighted by atomic mass is 19.1. The zero-order valence-electron chi connectivity index (χ0n) is 7.74. The fourth-order valence-electron chi connectivity index (χ4n) is 1.37. The summed E-state index contributed by atoms with van der Waals surface area (Å²) >= 11 is 0. The predicted octanol–water partition coefficient (Wildman–Crippen LogP) is 2.43. The van der Waals surface area contributed by atoms with Crippen LogP contribution in [0.25, 0.3) is 10.9 Å². The Morgan fingerprint density at radius 1 is 1.29 bits per heavy atom. The van der Waals surface area contributed by atoms with Gasteiger partial charge in [0.15, 0.2) is 0 Å². The van der Waals surface area contributed by atoms with E-state index in [9.17, 15) is 9.50 Å². The quantitative estimate of drug-likeness (QED) is 0.750. The van der Waals surface area contributed by atoms with E-state index in [1.54, 1.807) is 31.2 Å². The Labute approximate surface area is 81.0 Å². The van der Waals surface area contributed by atoms with Crippen LogP contribution >= 0.6 is 0 Å². The topological polar surface area (TPSA) is 33.1 Å². The largest absolute Gasteiger partial charge is 0.387 e. The van der Waals surface area contributed by atoms with Gasteiger partial charge in [-0.1, -0.05) is 6.07 Å². The zero-order valence-corrected chi connectivity index (χ0v) is 7.74. The summed E-state index contributed by atoms with van der Waals surface area (Å²) in [6.45, 7) is 1.63. The molecule has 1 heterocycles. The van der Waals surface area contributed by atoms with Crippen LogP contribution in [0.2, 0.25) is 0 Å². The molecule has 0 aliphatic carbocycles. The maximum Gasteiger partial charge on any atom is 0.132 e. The summed E-state index contributed by atoms with van der Waals surface area (Å²) in [5, 5.41) is 9.78. The van der Waals surface area contributed by atoms with Crippen molar-refractivity contribution in [3.05, 3.63) is 41.8 Å². The van der Waals surface area contributed by atoms with Gasteiger partial charge in [-0.15, -0.1) is 0 Å². The van der Waals surface area contributed by atoms with Crippen LogP contribution < -0.4 is 0 Å². The highest BCUT2D eigenvalue weighted by Gasteiger charge is 2.05. The third-order valence-corrected chi connectivity index (χ3v) is 2.13. The number of benzene rings is 1. The molecule has 1 aromatic heterocycles. The molecular weight excluding hydrogens is 181 g/mol. The fraction of sp³-hybridized carbons (Fsp3) is 0.182. The SMILES string of the molecule is CC(O)c1ccc2c(F)cccc2n1. The van der Waals surface area contributed by atoms with Crippen molar-refractivity contribution in [2.45, 2.75) is 13.0 Å². The third-order valence-electron chi connectivity index (χ3n) is 2.13. The summed E-state index contributed by atoms with van der Waals surface area (Å²) < 4.78 is 13.2. The molecule has 0 saturated carbocycles. The molecule has 0 fully saturated rings. The van der Waals surface area contributed by atoms with Crippen LogP contribution in [-0.4, -0.2) is 10.1 Å². The van der Waals surface area contributed by atoms with Gasteiger partial charge in [0, 0.05) is 5.39 Å². The average Bonchev–Trinajstić information content (AvgIpc) is 2.17. The summed E-state index contributed by atoms with van der Waals surface area (Å²) in [6, 6.07) is 8.00. The van der Waals surface area contributed by atoms with E-state index in [-0.39, 0.29) is 5.82 Å². The van der Waals surface area contributed by atoms with Crippen molar-refractivity contribution in [1.29, 1.82) is 0 Å². The number of aromatic nitrogens is 1. The van der Waals surface area contributed by atoms with Crippen molar-refractivity contribution < 1.29 is 9.50 Å². The lowest BCUT2D eigenvalue weighted by molar-refractivity contribution is 0.195. The number of aliphatic hydroxyl groups is 1. The molecule has 2 nitrogen and oxygen atoms in total. The van der Waals surface area contributed by atoms with Crippen LogP contribution in [0.3, 0.4) is 0 Å². The summed E-state index contributed by atoms with van der Waals surface area (Å²) in [6.07, 6.45) is -0.623. The standard InChI is InChI=1S/C11H10FNO/c1-7(14)10-6-5-8-9(12)3-2-4-11(8)13-10/h2-7,14H,1H3. The Bertz CT molecular complexity index is 468. The van der Waals surface area contributed by atoms with Crippen molar-refractivity contribution in [2.24, 2.45) is 0 Å². The molecule has 1 atom stereocenters. The second-order valence-electron chi connectivity index (χ2n) is 3.22. The van der Waals surface area contributed by atoms with Crippen molar-refractivity contribution in [1.82, 2.24) is 4.98 Å². The summed E-state index contributed by atoms with van der Waals surface area (Å²) in [7, 11) is 0. The van der Waals surface area contributed by atoms with Crippen molar-refractivity contribution in [3.63, 3.8) is 0 Å². The minimum Gasteiger partial charge on any atom is -0.387 e. The lowest BCUT2D eigenvalue weighted by Gasteiger charge is -2.05. The van der Waals surface area contributed by atoms with Gasteiger partial charge < -0.3 is 5.11 Å². The Morgan fingerprint density at radius 2 is 2.07 bits per heavy atom. The van der Waals surface area contributed by atoms with E-state index in [1.807, 2.05) is 0 Å². The van der Waals surface area contributed by atoms with Crippen LogP contribution in [0, 0.1) is 5.82 Å². The fourth-order valence-corrected chi connectivity index (χ4v) is 1.37. The number of pyridine rings is 1. The lowest BCUT2D eigenvalue weighted by atomic mass is 10.1. The maximum absolute atomic E-state index is 13.2. The van der Waals surface area contributed by atoms with Crippen LogP contribution in [0.5, 0.6) is 0 Å². The van der Waals surface area contributed by atoms with Gasteiger partial charge in [0.05, 0.1) is 17.3 Å². The maximum atomic E-state index is 13.2. The van der Waals surface area contributed by atoms with E-state index >= 15 is 0 Å². The van der Waals surface area contributed by atoms with E-state index in [2.05, 4.69) is 4.98 Å². The van der Waals surface area contributed by atoms with E-state index < -0.39 is 6.10 Å². The predicted molar refractivity (Wildman–Crippen MR) is 52.3 cm³/mol. The Morgan fingerprint density at radius 3 is 2.79 bits per heavy atom. The van der Waals surface area contributed by atoms with Crippen LogP contribution in [0.15, 0.2) is 30.3 Å². The Balaban J connectivity index is 2.67. The number of rotatable bonds is 1. The van der Waals surface area contributed by atoms with Gasteiger partial charge in [0.25, 0.3) is 0 Å². The molecule has 3 heteroatoms. The molecule has 0 aliphatic rings. The highest BCUT2D eigenvalue weighted by Crippen LogP contribution is 2.18.